The smallest absolute Gasteiger partial charge is 0.321 e. The van der Waals surface area contributed by atoms with Crippen LogP contribution in [0.25, 0.3) is 15.8 Å². The summed E-state index contributed by atoms with van der Waals surface area (Å²) in [6, 6.07) is 3.68. The lowest BCUT2D eigenvalue weighted by Gasteiger charge is -2.34. The number of hydrogen-bond donors (Lipinski definition) is 1. The quantitative estimate of drug-likeness (QED) is 0.779. The number of amides is 1. The number of carbonyl (C=O) groups excluding carboxylic acids is 1. The highest BCUT2D eigenvalue weighted by Gasteiger charge is 2.41. The average molecular weight is 428 g/mol. The number of carbonyl (C=O) groups is 1. The molecule has 0 saturated carbocycles. The van der Waals surface area contributed by atoms with Crippen LogP contribution < -0.4 is 5.32 Å². The van der Waals surface area contributed by atoms with Crippen molar-refractivity contribution in [2.24, 2.45) is 5.92 Å². The van der Waals surface area contributed by atoms with E-state index in [1.165, 1.54) is 24.3 Å². The number of nitrogens with one attached hydrogen (secondary N) is 1. The fraction of sp³-hybridized carbons (Fsp3) is 0.474. The number of thiazole rings is 1. The minimum Gasteiger partial charge on any atom is -0.321 e. The van der Waals surface area contributed by atoms with E-state index in [2.05, 4.69) is 22.1 Å². The van der Waals surface area contributed by atoms with Crippen LogP contribution in [0.2, 0.25) is 0 Å². The maximum atomic E-state index is 13.0. The van der Waals surface area contributed by atoms with Crippen molar-refractivity contribution in [2.75, 3.05) is 19.6 Å². The molecule has 1 N–H and O–H groups in total. The van der Waals surface area contributed by atoms with E-state index in [0.717, 1.165) is 53.5 Å². The third-order valence-electron chi connectivity index (χ3n) is 5.21. The normalized spacial score (nSPS) is 23.3. The zero-order chi connectivity index (χ0) is 20.1. The first-order valence-corrected chi connectivity index (χ1v) is 10.8. The summed E-state index contributed by atoms with van der Waals surface area (Å²) >= 11 is 3.05. The Morgan fingerprint density at radius 1 is 1.39 bits per heavy atom. The summed E-state index contributed by atoms with van der Waals surface area (Å²) in [5.74, 6) is 0.101. The number of alkyl halides is 3. The van der Waals surface area contributed by atoms with Crippen LogP contribution >= 0.6 is 23.1 Å². The summed E-state index contributed by atoms with van der Waals surface area (Å²) in [7, 11) is 0. The van der Waals surface area contributed by atoms with E-state index in [1.54, 1.807) is 11.8 Å². The number of aromatic nitrogens is 1. The number of thioether (sulfide) groups is 1. The van der Waals surface area contributed by atoms with Gasteiger partial charge in [0.05, 0.1) is 20.8 Å². The molecule has 0 bridgehead atoms. The molecule has 2 aliphatic rings. The van der Waals surface area contributed by atoms with Gasteiger partial charge in [-0.3, -0.25) is 4.79 Å². The summed E-state index contributed by atoms with van der Waals surface area (Å²) < 4.78 is 39.8. The maximum absolute atomic E-state index is 13.0. The highest BCUT2D eigenvalue weighted by Crippen LogP contribution is 2.50. The van der Waals surface area contributed by atoms with Crippen LogP contribution in [0.3, 0.4) is 0 Å². The molecule has 150 valence electrons. The van der Waals surface area contributed by atoms with Gasteiger partial charge in [0.2, 0.25) is 5.91 Å². The minimum atomic E-state index is -4.39. The van der Waals surface area contributed by atoms with E-state index in [-0.39, 0.29) is 11.8 Å². The van der Waals surface area contributed by atoms with Gasteiger partial charge in [-0.1, -0.05) is 6.92 Å². The molecule has 0 spiro atoms. The predicted molar refractivity (Wildman–Crippen MR) is 107 cm³/mol. The third-order valence-corrected chi connectivity index (χ3v) is 7.62. The molecule has 4 nitrogen and oxygen atoms in total. The van der Waals surface area contributed by atoms with Gasteiger partial charge in [0.15, 0.2) is 0 Å². The van der Waals surface area contributed by atoms with Crippen molar-refractivity contribution in [3.8, 4) is 0 Å². The van der Waals surface area contributed by atoms with Gasteiger partial charge in [0.25, 0.3) is 0 Å². The van der Waals surface area contributed by atoms with Gasteiger partial charge in [-0.15, -0.1) is 23.1 Å². The van der Waals surface area contributed by atoms with Gasteiger partial charge < -0.3 is 10.2 Å². The summed E-state index contributed by atoms with van der Waals surface area (Å²) in [4.78, 5) is 18.6. The molecular formula is C19H20F3N3OS2. The monoisotopic (exact) mass is 427 g/mol. The molecule has 1 saturated heterocycles. The third kappa shape index (κ3) is 3.67. The number of rotatable bonds is 3. The topological polar surface area (TPSA) is 45.2 Å². The zero-order valence-corrected chi connectivity index (χ0v) is 17.1. The van der Waals surface area contributed by atoms with Gasteiger partial charge in [0, 0.05) is 30.2 Å². The van der Waals surface area contributed by atoms with Crippen molar-refractivity contribution in [2.45, 2.75) is 31.7 Å². The van der Waals surface area contributed by atoms with Gasteiger partial charge in [-0.25, -0.2) is 4.98 Å². The maximum Gasteiger partial charge on any atom is 0.416 e. The standard InChI is InChI=1S/C19H20F3N3OS2/c1-3-25-7-6-12-15(9-25)28-17(23-10(2)26)16(12)18-24-13-8-11(19(20,21)22)4-5-14(13)27-18/h4-5,8,12,15H,3,6-7,9H2,1-2H3,(H,23,26). The average Bonchev–Trinajstić information content (AvgIpc) is 3.18. The lowest BCUT2D eigenvalue weighted by Crippen LogP contribution is -2.40. The molecule has 1 aromatic carbocycles. The van der Waals surface area contributed by atoms with E-state index in [9.17, 15) is 18.0 Å². The molecular weight excluding hydrogens is 407 g/mol. The summed E-state index contributed by atoms with van der Waals surface area (Å²) in [6.45, 7) is 6.49. The van der Waals surface area contributed by atoms with E-state index in [0.29, 0.717) is 15.8 Å². The number of nitrogens with zero attached hydrogens (tertiary/aromatic N) is 2. The van der Waals surface area contributed by atoms with Crippen molar-refractivity contribution >= 4 is 44.8 Å². The van der Waals surface area contributed by atoms with E-state index in [4.69, 9.17) is 0 Å². The van der Waals surface area contributed by atoms with Crippen LogP contribution in [0.15, 0.2) is 23.2 Å². The molecule has 4 rings (SSSR count). The second-order valence-corrected chi connectivity index (χ2v) is 9.35. The molecule has 2 unspecified atom stereocenters. The van der Waals surface area contributed by atoms with Crippen LogP contribution in [0.4, 0.5) is 13.2 Å². The number of likely N-dealkylation sites (tertiary alicyclic amines) is 1. The Kier molecular flexibility index (Phi) is 5.18. The van der Waals surface area contributed by atoms with Gasteiger partial charge >= 0.3 is 6.18 Å². The molecule has 2 atom stereocenters. The number of benzene rings is 1. The first kappa shape index (κ1) is 19.7. The summed E-state index contributed by atoms with van der Waals surface area (Å²) in [5, 5.41) is 4.77. The fourth-order valence-corrected chi connectivity index (χ4v) is 6.56. The Morgan fingerprint density at radius 3 is 2.86 bits per heavy atom. The van der Waals surface area contributed by atoms with Crippen molar-refractivity contribution in [3.63, 3.8) is 0 Å². The molecule has 0 aliphatic carbocycles. The Balaban J connectivity index is 1.74. The fourth-order valence-electron chi connectivity index (χ4n) is 3.83. The SMILES string of the molecule is CCN1CCC2C(c3nc4cc(C(F)(F)F)ccc4s3)=C(NC(C)=O)SC2C1. The second-order valence-electron chi connectivity index (χ2n) is 7.07. The second kappa shape index (κ2) is 7.35. The minimum absolute atomic E-state index is 0.147. The molecule has 2 aliphatic heterocycles. The lowest BCUT2D eigenvalue weighted by molar-refractivity contribution is -0.137. The summed E-state index contributed by atoms with van der Waals surface area (Å²) in [6.07, 6.45) is -3.44. The van der Waals surface area contributed by atoms with Gasteiger partial charge in [-0.05, 0) is 37.7 Å². The highest BCUT2D eigenvalue weighted by molar-refractivity contribution is 8.04. The molecule has 28 heavy (non-hydrogen) atoms. The Hall–Kier alpha value is -1.58. The van der Waals surface area contributed by atoms with Crippen LogP contribution in [0, 0.1) is 5.92 Å². The number of hydrogen-bond acceptors (Lipinski definition) is 5. The predicted octanol–water partition coefficient (Wildman–Crippen LogP) is 4.58. The molecule has 0 radical (unpaired) electrons. The first-order chi connectivity index (χ1) is 13.3. The molecule has 1 fully saturated rings. The molecule has 2 aromatic rings. The highest BCUT2D eigenvalue weighted by atomic mass is 32.2. The van der Waals surface area contributed by atoms with Crippen LogP contribution in [0.5, 0.6) is 0 Å². The van der Waals surface area contributed by atoms with E-state index >= 15 is 0 Å². The summed E-state index contributed by atoms with van der Waals surface area (Å²) in [5.41, 5.74) is 0.641. The van der Waals surface area contributed by atoms with Crippen LogP contribution in [0.1, 0.15) is 30.8 Å². The largest absolute Gasteiger partial charge is 0.416 e. The Bertz CT molecular complexity index is 954. The van der Waals surface area contributed by atoms with Crippen LogP contribution in [-0.2, 0) is 11.0 Å². The Labute approximate surface area is 169 Å². The zero-order valence-electron chi connectivity index (χ0n) is 15.5. The van der Waals surface area contributed by atoms with Crippen molar-refractivity contribution in [1.29, 1.82) is 0 Å². The van der Waals surface area contributed by atoms with Crippen molar-refractivity contribution < 1.29 is 18.0 Å². The first-order valence-electron chi connectivity index (χ1n) is 9.15. The van der Waals surface area contributed by atoms with Crippen molar-refractivity contribution in [1.82, 2.24) is 15.2 Å². The molecule has 9 heteroatoms. The lowest BCUT2D eigenvalue weighted by atomic mass is 9.89. The van der Waals surface area contributed by atoms with E-state index in [1.807, 2.05) is 0 Å². The number of allylic oxidation sites excluding steroid dienone is 1. The number of halogens is 3. The van der Waals surface area contributed by atoms with E-state index < -0.39 is 11.7 Å². The molecule has 3 heterocycles. The number of piperidine rings is 1. The van der Waals surface area contributed by atoms with Crippen molar-refractivity contribution in [3.05, 3.63) is 33.8 Å². The van der Waals surface area contributed by atoms with Gasteiger partial charge in [-0.2, -0.15) is 13.2 Å². The number of fused-ring (bicyclic) bond motifs is 2. The molecule has 1 amide bonds. The Morgan fingerprint density at radius 2 is 2.18 bits per heavy atom. The molecule has 1 aromatic heterocycles. The van der Waals surface area contributed by atoms with Gasteiger partial charge in [0.1, 0.15) is 5.01 Å². The van der Waals surface area contributed by atoms with Crippen LogP contribution in [-0.4, -0.2) is 40.7 Å².